The summed E-state index contributed by atoms with van der Waals surface area (Å²) in [6.45, 7) is 9.03. The standard InChI is InChI=1S/C11H23NO/c1-10(2)6-5-9(7-10)12-8-11(3,4)13/h9,12-13H,5-8H2,1-4H3. The molecule has 0 bridgehead atoms. The van der Waals surface area contributed by atoms with E-state index in [4.69, 9.17) is 0 Å². The first-order valence-electron chi connectivity index (χ1n) is 5.24. The van der Waals surface area contributed by atoms with Crippen molar-refractivity contribution in [3.63, 3.8) is 0 Å². The highest BCUT2D eigenvalue weighted by Crippen LogP contribution is 2.36. The van der Waals surface area contributed by atoms with Crippen LogP contribution in [-0.4, -0.2) is 23.3 Å². The molecule has 0 heterocycles. The van der Waals surface area contributed by atoms with E-state index in [2.05, 4.69) is 19.2 Å². The van der Waals surface area contributed by atoms with Gasteiger partial charge in [-0.25, -0.2) is 0 Å². The molecule has 0 aromatic heterocycles. The van der Waals surface area contributed by atoms with Gasteiger partial charge in [-0.2, -0.15) is 0 Å². The molecule has 0 saturated heterocycles. The zero-order valence-electron chi connectivity index (χ0n) is 9.35. The third-order valence-corrected chi connectivity index (χ3v) is 2.79. The molecule has 2 nitrogen and oxygen atoms in total. The van der Waals surface area contributed by atoms with Crippen LogP contribution in [0.5, 0.6) is 0 Å². The Hall–Kier alpha value is -0.0800. The molecule has 0 radical (unpaired) electrons. The molecule has 0 amide bonds. The Bertz CT molecular complexity index is 169. The van der Waals surface area contributed by atoms with Crippen molar-refractivity contribution in [1.29, 1.82) is 0 Å². The first kappa shape index (κ1) is 11.0. The molecule has 1 unspecified atom stereocenters. The number of hydrogen-bond acceptors (Lipinski definition) is 2. The Balaban J connectivity index is 2.25. The smallest absolute Gasteiger partial charge is 0.0715 e. The van der Waals surface area contributed by atoms with E-state index >= 15 is 0 Å². The number of aliphatic hydroxyl groups is 1. The number of hydrogen-bond donors (Lipinski definition) is 2. The van der Waals surface area contributed by atoms with E-state index in [-0.39, 0.29) is 0 Å². The van der Waals surface area contributed by atoms with Gasteiger partial charge in [0.1, 0.15) is 0 Å². The highest BCUT2D eigenvalue weighted by molar-refractivity contribution is 4.87. The first-order chi connectivity index (χ1) is 5.79. The molecule has 2 heteroatoms. The van der Waals surface area contributed by atoms with Gasteiger partial charge in [0, 0.05) is 12.6 Å². The van der Waals surface area contributed by atoms with Crippen LogP contribution in [-0.2, 0) is 0 Å². The summed E-state index contributed by atoms with van der Waals surface area (Å²) < 4.78 is 0. The molecule has 0 spiro atoms. The summed E-state index contributed by atoms with van der Waals surface area (Å²) in [6.07, 6.45) is 3.79. The maximum atomic E-state index is 9.55. The second kappa shape index (κ2) is 3.58. The predicted molar refractivity (Wildman–Crippen MR) is 55.7 cm³/mol. The molecular formula is C11H23NO. The van der Waals surface area contributed by atoms with E-state index in [1.165, 1.54) is 19.3 Å². The summed E-state index contributed by atoms with van der Waals surface area (Å²) in [4.78, 5) is 0. The molecule has 2 N–H and O–H groups in total. The minimum atomic E-state index is -0.577. The highest BCUT2D eigenvalue weighted by atomic mass is 16.3. The lowest BCUT2D eigenvalue weighted by atomic mass is 9.92. The third-order valence-electron chi connectivity index (χ3n) is 2.79. The fraction of sp³-hybridized carbons (Fsp3) is 1.00. The summed E-state index contributed by atoms with van der Waals surface area (Å²) in [7, 11) is 0. The lowest BCUT2D eigenvalue weighted by Crippen LogP contribution is -2.39. The lowest BCUT2D eigenvalue weighted by molar-refractivity contribution is 0.0761. The van der Waals surface area contributed by atoms with Gasteiger partial charge in [-0.15, -0.1) is 0 Å². The summed E-state index contributed by atoms with van der Waals surface area (Å²) >= 11 is 0. The maximum Gasteiger partial charge on any atom is 0.0715 e. The molecule has 0 aliphatic heterocycles. The molecule has 1 fully saturated rings. The summed E-state index contributed by atoms with van der Waals surface area (Å²) in [5.74, 6) is 0. The van der Waals surface area contributed by atoms with Gasteiger partial charge in [0.25, 0.3) is 0 Å². The van der Waals surface area contributed by atoms with Crippen molar-refractivity contribution in [2.24, 2.45) is 5.41 Å². The molecule has 0 aromatic rings. The van der Waals surface area contributed by atoms with Gasteiger partial charge in [-0.1, -0.05) is 13.8 Å². The van der Waals surface area contributed by atoms with Gasteiger partial charge in [0.05, 0.1) is 5.60 Å². The van der Waals surface area contributed by atoms with Crippen LogP contribution in [0, 0.1) is 5.41 Å². The average molecular weight is 185 g/mol. The fourth-order valence-corrected chi connectivity index (χ4v) is 2.00. The molecule has 78 valence electrons. The molecule has 1 aliphatic rings. The largest absolute Gasteiger partial charge is 0.389 e. The quantitative estimate of drug-likeness (QED) is 0.704. The number of rotatable bonds is 3. The van der Waals surface area contributed by atoms with Crippen molar-refractivity contribution < 1.29 is 5.11 Å². The lowest BCUT2D eigenvalue weighted by Gasteiger charge is -2.22. The maximum absolute atomic E-state index is 9.55. The van der Waals surface area contributed by atoms with E-state index in [1.807, 2.05) is 13.8 Å². The third kappa shape index (κ3) is 4.10. The van der Waals surface area contributed by atoms with Crippen molar-refractivity contribution in [1.82, 2.24) is 5.32 Å². The molecule has 1 atom stereocenters. The van der Waals surface area contributed by atoms with E-state index in [1.54, 1.807) is 0 Å². The minimum Gasteiger partial charge on any atom is -0.389 e. The Morgan fingerprint density at radius 1 is 1.46 bits per heavy atom. The second-order valence-corrected chi connectivity index (χ2v) is 5.80. The zero-order valence-corrected chi connectivity index (χ0v) is 9.35. The van der Waals surface area contributed by atoms with Crippen LogP contribution in [0.4, 0.5) is 0 Å². The Kier molecular flexibility index (Phi) is 3.03. The van der Waals surface area contributed by atoms with Gasteiger partial charge >= 0.3 is 0 Å². The van der Waals surface area contributed by atoms with Crippen molar-refractivity contribution in [3.8, 4) is 0 Å². The number of nitrogens with one attached hydrogen (secondary N) is 1. The first-order valence-corrected chi connectivity index (χ1v) is 5.24. The Morgan fingerprint density at radius 3 is 2.46 bits per heavy atom. The zero-order chi connectivity index (χ0) is 10.1. The average Bonchev–Trinajstić information content (AvgIpc) is 2.24. The Labute approximate surface area is 81.7 Å². The van der Waals surface area contributed by atoms with Crippen LogP contribution in [0.2, 0.25) is 0 Å². The van der Waals surface area contributed by atoms with Crippen molar-refractivity contribution >= 4 is 0 Å². The summed E-state index contributed by atoms with van der Waals surface area (Å²) in [5, 5.41) is 13.0. The van der Waals surface area contributed by atoms with Crippen LogP contribution < -0.4 is 5.32 Å². The predicted octanol–water partition coefficient (Wildman–Crippen LogP) is 1.93. The molecule has 0 aromatic carbocycles. The Morgan fingerprint density at radius 2 is 2.08 bits per heavy atom. The van der Waals surface area contributed by atoms with Crippen LogP contribution in [0.15, 0.2) is 0 Å². The topological polar surface area (TPSA) is 32.3 Å². The van der Waals surface area contributed by atoms with Crippen LogP contribution in [0.3, 0.4) is 0 Å². The van der Waals surface area contributed by atoms with Crippen molar-refractivity contribution in [2.45, 2.75) is 58.6 Å². The minimum absolute atomic E-state index is 0.497. The molecule has 13 heavy (non-hydrogen) atoms. The SMILES string of the molecule is CC(C)(O)CNC1CCC(C)(C)C1. The monoisotopic (exact) mass is 185 g/mol. The second-order valence-electron chi connectivity index (χ2n) is 5.80. The van der Waals surface area contributed by atoms with Gasteiger partial charge < -0.3 is 10.4 Å². The van der Waals surface area contributed by atoms with Gasteiger partial charge in [-0.3, -0.25) is 0 Å². The van der Waals surface area contributed by atoms with Crippen molar-refractivity contribution in [2.75, 3.05) is 6.54 Å². The van der Waals surface area contributed by atoms with E-state index < -0.39 is 5.60 Å². The van der Waals surface area contributed by atoms with E-state index in [0.717, 1.165) is 0 Å². The molecule has 1 rings (SSSR count). The molecular weight excluding hydrogens is 162 g/mol. The van der Waals surface area contributed by atoms with E-state index in [9.17, 15) is 5.11 Å². The molecule has 1 saturated carbocycles. The normalized spacial score (nSPS) is 27.9. The van der Waals surface area contributed by atoms with E-state index in [0.29, 0.717) is 18.0 Å². The summed E-state index contributed by atoms with van der Waals surface area (Å²) in [6, 6.07) is 0.612. The fourth-order valence-electron chi connectivity index (χ4n) is 2.00. The van der Waals surface area contributed by atoms with Gasteiger partial charge in [0.2, 0.25) is 0 Å². The van der Waals surface area contributed by atoms with Gasteiger partial charge in [-0.05, 0) is 38.5 Å². The van der Waals surface area contributed by atoms with Crippen LogP contribution in [0.25, 0.3) is 0 Å². The molecule has 1 aliphatic carbocycles. The highest BCUT2D eigenvalue weighted by Gasteiger charge is 2.31. The summed E-state index contributed by atoms with van der Waals surface area (Å²) in [5.41, 5.74) is -0.0794. The van der Waals surface area contributed by atoms with Crippen LogP contribution in [0.1, 0.15) is 47.0 Å². The van der Waals surface area contributed by atoms with Gasteiger partial charge in [0.15, 0.2) is 0 Å². The van der Waals surface area contributed by atoms with Crippen molar-refractivity contribution in [3.05, 3.63) is 0 Å². The van der Waals surface area contributed by atoms with Crippen LogP contribution >= 0.6 is 0 Å².